The molecule has 0 unspecified atom stereocenters. The van der Waals surface area contributed by atoms with Gasteiger partial charge in [0.2, 0.25) is 0 Å². The molecule has 0 saturated heterocycles. The van der Waals surface area contributed by atoms with E-state index in [9.17, 15) is 0 Å². The third-order valence-electron chi connectivity index (χ3n) is 0. The van der Waals surface area contributed by atoms with Crippen molar-refractivity contribution in [2.45, 2.75) is 0 Å². The standard InChI is InChI=1S/Ag.12BH3O3/c;12*2-1(3)4/h;12*2-4H. The fourth-order valence-electron chi connectivity index (χ4n) is 0. The van der Waals surface area contributed by atoms with Gasteiger partial charge in [0.15, 0.2) is 0 Å². The van der Waals surface area contributed by atoms with E-state index in [1.54, 1.807) is 0 Å². The van der Waals surface area contributed by atoms with Crippen molar-refractivity contribution >= 4 is 87.9 Å². The Morgan fingerprint density at radius 1 is 0.102 bits per heavy atom. The van der Waals surface area contributed by atoms with Crippen LogP contribution in [0.15, 0.2) is 0 Å². The molecular weight excluding hydrogens is 814 g/mol. The smallest absolute Gasteiger partial charge is 0.402 e. The van der Waals surface area contributed by atoms with Crippen LogP contribution < -0.4 is 0 Å². The monoisotopic (exact) mass is 851 g/mol. The zero-order valence-corrected chi connectivity index (χ0v) is 24.8. The van der Waals surface area contributed by atoms with Crippen LogP contribution in [0.3, 0.4) is 0 Å². The zero-order chi connectivity index (χ0) is 42.9. The Bertz CT molecular complexity index is 232. The zero-order valence-electron chi connectivity index (χ0n) is 23.3. The van der Waals surface area contributed by atoms with E-state index in [0.717, 1.165) is 0 Å². The average Bonchev–Trinajstić information content (AvgIpc) is 2.61. The van der Waals surface area contributed by atoms with Gasteiger partial charge in [-0.3, -0.25) is 0 Å². The van der Waals surface area contributed by atoms with E-state index in [-0.39, 0.29) is 22.4 Å². The molecule has 0 bridgehead atoms. The predicted molar refractivity (Wildman–Crippen MR) is 149 cm³/mol. The summed E-state index contributed by atoms with van der Waals surface area (Å²) in [6, 6.07) is 0. The van der Waals surface area contributed by atoms with Crippen LogP contribution in [0.4, 0.5) is 0 Å². The van der Waals surface area contributed by atoms with Crippen molar-refractivity contribution in [1.29, 1.82) is 0 Å². The van der Waals surface area contributed by atoms with Crippen molar-refractivity contribution < 1.29 is 203 Å². The van der Waals surface area contributed by atoms with Gasteiger partial charge in [0, 0.05) is 22.4 Å². The molecule has 0 rings (SSSR count). The van der Waals surface area contributed by atoms with Gasteiger partial charge in [0.05, 0.1) is 0 Å². The van der Waals surface area contributed by atoms with Crippen LogP contribution in [-0.2, 0) is 22.4 Å². The molecule has 0 spiro atoms. The first kappa shape index (κ1) is 87.2. The molecule has 36 nitrogen and oxygen atoms in total. The molecule has 0 aliphatic rings. The first-order valence-electron chi connectivity index (χ1n) is 9.30. The normalized spacial score (nSPS) is 6.61. The van der Waals surface area contributed by atoms with E-state index in [1.807, 2.05) is 0 Å². The van der Waals surface area contributed by atoms with Crippen LogP contribution in [-0.4, -0.2) is 269 Å². The topological polar surface area (TPSA) is 728 Å². The van der Waals surface area contributed by atoms with Gasteiger partial charge in [0.1, 0.15) is 0 Å². The van der Waals surface area contributed by atoms with Crippen molar-refractivity contribution in [3.8, 4) is 0 Å². The molecule has 0 aromatic carbocycles. The minimum Gasteiger partial charge on any atom is -0.402 e. The molecule has 0 heterocycles. The van der Waals surface area contributed by atoms with Crippen molar-refractivity contribution in [3.05, 3.63) is 0 Å². The van der Waals surface area contributed by atoms with Gasteiger partial charge >= 0.3 is 87.9 Å². The second kappa shape index (κ2) is 81.9. The Morgan fingerprint density at radius 2 is 0.102 bits per heavy atom. The Hall–Kier alpha value is 0.0795. The quantitative estimate of drug-likeness (QED) is 0.101. The van der Waals surface area contributed by atoms with Crippen molar-refractivity contribution in [2.24, 2.45) is 0 Å². The number of hydrogen-bond acceptors (Lipinski definition) is 36. The van der Waals surface area contributed by atoms with Gasteiger partial charge in [-0.2, -0.15) is 0 Å². The first-order chi connectivity index (χ1) is 20.8. The fourth-order valence-corrected chi connectivity index (χ4v) is 0. The Labute approximate surface area is 291 Å². The van der Waals surface area contributed by atoms with Gasteiger partial charge in [-0.15, -0.1) is 0 Å². The van der Waals surface area contributed by atoms with E-state index < -0.39 is 87.9 Å². The summed E-state index contributed by atoms with van der Waals surface area (Å²) in [4.78, 5) is 0. The molecule has 49 heavy (non-hydrogen) atoms. The van der Waals surface area contributed by atoms with Gasteiger partial charge in [-0.1, -0.05) is 0 Å². The molecule has 0 amide bonds. The molecule has 299 valence electrons. The average molecular weight is 850 g/mol. The Morgan fingerprint density at radius 3 is 0.102 bits per heavy atom. The maximum atomic E-state index is 7.17. The van der Waals surface area contributed by atoms with E-state index >= 15 is 0 Å². The molecule has 0 aromatic rings. The summed E-state index contributed by atoms with van der Waals surface area (Å²) in [6.07, 6.45) is 0. The van der Waals surface area contributed by atoms with Gasteiger partial charge in [0.25, 0.3) is 0 Å². The SMILES string of the molecule is OB(O)O.OB(O)O.OB(O)O.OB(O)O.OB(O)O.OB(O)O.OB(O)O.OB(O)O.OB(O)O.OB(O)O.OB(O)O.OB(O)O.[Ag]. The van der Waals surface area contributed by atoms with Crippen LogP contribution in [0.5, 0.6) is 0 Å². The molecule has 49 heteroatoms. The minimum atomic E-state index is -2.17. The summed E-state index contributed by atoms with van der Waals surface area (Å²) in [5.74, 6) is 0. The maximum absolute atomic E-state index is 7.17. The van der Waals surface area contributed by atoms with Gasteiger partial charge < -0.3 is 181 Å². The largest absolute Gasteiger partial charge is 0.631 e. The van der Waals surface area contributed by atoms with E-state index in [4.69, 9.17) is 181 Å². The fraction of sp³-hybridized carbons (Fsp3) is 0. The van der Waals surface area contributed by atoms with Gasteiger partial charge in [-0.05, 0) is 0 Å². The summed E-state index contributed by atoms with van der Waals surface area (Å²) in [6.45, 7) is 0. The number of rotatable bonds is 0. The number of hydrogen-bond donors (Lipinski definition) is 36. The second-order valence-corrected chi connectivity index (χ2v) is 4.16. The first-order valence-corrected chi connectivity index (χ1v) is 9.30. The van der Waals surface area contributed by atoms with E-state index in [0.29, 0.717) is 0 Å². The molecule has 1 radical (unpaired) electrons. The third-order valence-corrected chi connectivity index (χ3v) is 0. The molecular formula is H36AgB12O36. The summed E-state index contributed by atoms with van der Waals surface area (Å²) in [7, 11) is -26.0. The molecule has 36 N–H and O–H groups in total. The van der Waals surface area contributed by atoms with Crippen molar-refractivity contribution in [2.75, 3.05) is 0 Å². The molecule has 0 aromatic heterocycles. The molecule has 0 aliphatic carbocycles. The van der Waals surface area contributed by atoms with Gasteiger partial charge in [-0.25, -0.2) is 0 Å². The van der Waals surface area contributed by atoms with Crippen LogP contribution in [0.1, 0.15) is 0 Å². The summed E-state index contributed by atoms with van der Waals surface area (Å²) < 4.78 is 0. The maximum Gasteiger partial charge on any atom is 0.631 e. The Kier molecular flexibility index (Phi) is 146. The molecule has 0 fully saturated rings. The molecule has 0 aliphatic heterocycles. The Balaban J connectivity index is -0.0000000262. The van der Waals surface area contributed by atoms with E-state index in [2.05, 4.69) is 0 Å². The minimum absolute atomic E-state index is 0. The third kappa shape index (κ3) is 16200000. The predicted octanol–water partition coefficient (Wildman–Crippen LogP) is -24.6. The summed E-state index contributed by atoms with van der Waals surface area (Å²) in [5.41, 5.74) is 0. The van der Waals surface area contributed by atoms with Crippen LogP contribution in [0.2, 0.25) is 0 Å². The van der Waals surface area contributed by atoms with Crippen LogP contribution in [0, 0.1) is 0 Å². The van der Waals surface area contributed by atoms with Crippen molar-refractivity contribution in [1.82, 2.24) is 0 Å². The van der Waals surface area contributed by atoms with Crippen LogP contribution in [0.25, 0.3) is 0 Å². The van der Waals surface area contributed by atoms with Crippen LogP contribution >= 0.6 is 0 Å². The summed E-state index contributed by atoms with van der Waals surface area (Å²) in [5, 5.41) is 258. The molecule has 0 saturated carbocycles. The van der Waals surface area contributed by atoms with E-state index in [1.165, 1.54) is 0 Å². The molecule has 0 atom stereocenters. The van der Waals surface area contributed by atoms with Crippen molar-refractivity contribution in [3.63, 3.8) is 0 Å². The summed E-state index contributed by atoms with van der Waals surface area (Å²) >= 11 is 0. The second-order valence-electron chi connectivity index (χ2n) is 4.16.